The van der Waals surface area contributed by atoms with Crippen LogP contribution < -0.4 is 10.6 Å². The van der Waals surface area contributed by atoms with Crippen molar-refractivity contribution in [3.05, 3.63) is 28.9 Å². The van der Waals surface area contributed by atoms with Gasteiger partial charge in [-0.2, -0.15) is 4.68 Å². The third kappa shape index (κ3) is 3.07. The van der Waals surface area contributed by atoms with Crippen molar-refractivity contribution in [1.29, 1.82) is 0 Å². The standard InChI is InChI=1S/C13H17BrN6O/c1-9(15)12-17-13(14)18-20(12)11-3-2-10(8-16-11)19-4-6-21-7-5-19/h2-3,8-9H,4-7,15H2,1H3. The first-order valence-electron chi connectivity index (χ1n) is 6.82. The summed E-state index contributed by atoms with van der Waals surface area (Å²) in [6.45, 7) is 5.16. The van der Waals surface area contributed by atoms with Crippen LogP contribution in [0.1, 0.15) is 18.8 Å². The number of hydrogen-bond donors (Lipinski definition) is 1. The van der Waals surface area contributed by atoms with Gasteiger partial charge in [-0.1, -0.05) is 0 Å². The van der Waals surface area contributed by atoms with E-state index in [1.54, 1.807) is 4.68 Å². The highest BCUT2D eigenvalue weighted by Gasteiger charge is 2.16. The molecule has 0 aromatic carbocycles. The van der Waals surface area contributed by atoms with Gasteiger partial charge in [0.15, 0.2) is 11.6 Å². The number of ether oxygens (including phenoxy) is 1. The molecule has 1 aliphatic rings. The highest BCUT2D eigenvalue weighted by atomic mass is 79.9. The van der Waals surface area contributed by atoms with E-state index in [1.165, 1.54) is 0 Å². The summed E-state index contributed by atoms with van der Waals surface area (Å²) < 4.78 is 7.53. The maximum Gasteiger partial charge on any atom is 0.218 e. The monoisotopic (exact) mass is 352 g/mol. The Morgan fingerprint density at radius 1 is 1.33 bits per heavy atom. The van der Waals surface area contributed by atoms with Gasteiger partial charge in [0.2, 0.25) is 4.73 Å². The molecule has 0 amide bonds. The molecular formula is C13H17BrN6O. The van der Waals surface area contributed by atoms with E-state index in [-0.39, 0.29) is 6.04 Å². The van der Waals surface area contributed by atoms with Crippen molar-refractivity contribution < 1.29 is 4.74 Å². The summed E-state index contributed by atoms with van der Waals surface area (Å²) in [7, 11) is 0. The van der Waals surface area contributed by atoms with E-state index in [1.807, 2.05) is 25.3 Å². The first-order chi connectivity index (χ1) is 10.1. The topological polar surface area (TPSA) is 82.1 Å². The Kier molecular flexibility index (Phi) is 4.18. The zero-order chi connectivity index (χ0) is 14.8. The highest BCUT2D eigenvalue weighted by molar-refractivity contribution is 9.10. The van der Waals surface area contributed by atoms with Crippen molar-refractivity contribution in [1.82, 2.24) is 19.7 Å². The van der Waals surface area contributed by atoms with Gasteiger partial charge in [0, 0.05) is 13.1 Å². The molecule has 1 fully saturated rings. The molecule has 2 aromatic rings. The Hall–Kier alpha value is -1.51. The molecule has 112 valence electrons. The molecule has 0 aliphatic carbocycles. The Labute approximate surface area is 131 Å². The van der Waals surface area contributed by atoms with E-state index < -0.39 is 0 Å². The minimum absolute atomic E-state index is 0.218. The van der Waals surface area contributed by atoms with Crippen LogP contribution in [0.4, 0.5) is 5.69 Å². The van der Waals surface area contributed by atoms with Crippen LogP contribution in [0.5, 0.6) is 0 Å². The highest BCUT2D eigenvalue weighted by Crippen LogP contribution is 2.19. The Bertz CT molecular complexity index is 606. The zero-order valence-corrected chi connectivity index (χ0v) is 13.3. The molecule has 8 heteroatoms. The largest absolute Gasteiger partial charge is 0.378 e. The normalized spacial score (nSPS) is 17.0. The second-order valence-corrected chi connectivity index (χ2v) is 5.62. The summed E-state index contributed by atoms with van der Waals surface area (Å²) in [4.78, 5) is 11.0. The maximum absolute atomic E-state index is 5.92. The van der Waals surface area contributed by atoms with E-state index in [0.29, 0.717) is 16.4 Å². The number of anilines is 1. The third-order valence-corrected chi connectivity index (χ3v) is 3.68. The molecular weight excluding hydrogens is 336 g/mol. The fourth-order valence-electron chi connectivity index (χ4n) is 2.27. The summed E-state index contributed by atoms with van der Waals surface area (Å²) in [5.41, 5.74) is 7.00. The number of halogens is 1. The van der Waals surface area contributed by atoms with Gasteiger partial charge in [0.1, 0.15) is 0 Å². The summed E-state index contributed by atoms with van der Waals surface area (Å²) in [5.74, 6) is 1.38. The molecule has 1 atom stereocenters. The predicted molar refractivity (Wildman–Crippen MR) is 82.5 cm³/mol. The van der Waals surface area contributed by atoms with E-state index in [4.69, 9.17) is 10.5 Å². The van der Waals surface area contributed by atoms with Gasteiger partial charge in [-0.15, -0.1) is 5.10 Å². The van der Waals surface area contributed by atoms with Crippen molar-refractivity contribution in [3.8, 4) is 5.82 Å². The van der Waals surface area contributed by atoms with Crippen molar-refractivity contribution >= 4 is 21.6 Å². The Morgan fingerprint density at radius 3 is 2.71 bits per heavy atom. The van der Waals surface area contributed by atoms with Crippen molar-refractivity contribution in [2.24, 2.45) is 5.73 Å². The van der Waals surface area contributed by atoms with Crippen molar-refractivity contribution in [2.45, 2.75) is 13.0 Å². The second kappa shape index (κ2) is 6.08. The van der Waals surface area contributed by atoms with E-state index in [0.717, 1.165) is 32.0 Å². The van der Waals surface area contributed by atoms with E-state index >= 15 is 0 Å². The molecule has 7 nitrogen and oxygen atoms in total. The van der Waals surface area contributed by atoms with E-state index in [2.05, 4.69) is 35.9 Å². The van der Waals surface area contributed by atoms with Crippen LogP contribution in [0.2, 0.25) is 0 Å². The van der Waals surface area contributed by atoms with Gasteiger partial charge in [0.05, 0.1) is 31.1 Å². The summed E-state index contributed by atoms with van der Waals surface area (Å²) in [6.07, 6.45) is 1.85. The van der Waals surface area contributed by atoms with Gasteiger partial charge < -0.3 is 15.4 Å². The molecule has 3 heterocycles. The molecule has 1 unspecified atom stereocenters. The maximum atomic E-state index is 5.92. The lowest BCUT2D eigenvalue weighted by atomic mass is 10.3. The Morgan fingerprint density at radius 2 is 2.10 bits per heavy atom. The summed E-state index contributed by atoms with van der Waals surface area (Å²) >= 11 is 3.28. The van der Waals surface area contributed by atoms with Gasteiger partial charge in [-0.05, 0) is 35.0 Å². The van der Waals surface area contributed by atoms with Crippen LogP contribution >= 0.6 is 15.9 Å². The van der Waals surface area contributed by atoms with Gasteiger partial charge in [-0.25, -0.2) is 9.97 Å². The molecule has 21 heavy (non-hydrogen) atoms. The quantitative estimate of drug-likeness (QED) is 0.895. The van der Waals surface area contributed by atoms with Crippen LogP contribution in [0.15, 0.2) is 23.1 Å². The fraction of sp³-hybridized carbons (Fsp3) is 0.462. The van der Waals surface area contributed by atoms with Crippen LogP contribution in [-0.2, 0) is 4.74 Å². The van der Waals surface area contributed by atoms with Crippen LogP contribution in [-0.4, -0.2) is 46.1 Å². The first kappa shape index (κ1) is 14.4. The van der Waals surface area contributed by atoms with Gasteiger partial charge in [0.25, 0.3) is 0 Å². The minimum Gasteiger partial charge on any atom is -0.378 e. The first-order valence-corrected chi connectivity index (χ1v) is 7.61. The van der Waals surface area contributed by atoms with Crippen LogP contribution in [0.25, 0.3) is 5.82 Å². The van der Waals surface area contributed by atoms with Crippen molar-refractivity contribution in [2.75, 3.05) is 31.2 Å². The molecule has 0 saturated carbocycles. The average molecular weight is 353 g/mol. The lowest BCUT2D eigenvalue weighted by Crippen LogP contribution is -2.36. The van der Waals surface area contributed by atoms with E-state index in [9.17, 15) is 0 Å². The second-order valence-electron chi connectivity index (χ2n) is 4.91. The lowest BCUT2D eigenvalue weighted by Gasteiger charge is -2.28. The Balaban J connectivity index is 1.87. The smallest absolute Gasteiger partial charge is 0.218 e. The predicted octanol–water partition coefficient (Wildman–Crippen LogP) is 1.28. The third-order valence-electron chi connectivity index (χ3n) is 3.34. The number of aromatic nitrogens is 4. The van der Waals surface area contributed by atoms with Gasteiger partial charge in [-0.3, -0.25) is 0 Å². The number of nitrogens with two attached hydrogens (primary N) is 1. The molecule has 1 saturated heterocycles. The zero-order valence-electron chi connectivity index (χ0n) is 11.7. The number of pyridine rings is 1. The lowest BCUT2D eigenvalue weighted by molar-refractivity contribution is 0.122. The molecule has 1 aliphatic heterocycles. The molecule has 0 spiro atoms. The van der Waals surface area contributed by atoms with Crippen molar-refractivity contribution in [3.63, 3.8) is 0 Å². The van der Waals surface area contributed by atoms with Gasteiger partial charge >= 0.3 is 0 Å². The summed E-state index contributed by atoms with van der Waals surface area (Å²) in [6, 6.07) is 3.75. The molecule has 3 rings (SSSR count). The number of hydrogen-bond acceptors (Lipinski definition) is 6. The fourth-order valence-corrected chi connectivity index (χ4v) is 2.61. The number of nitrogens with zero attached hydrogens (tertiary/aromatic N) is 5. The molecule has 2 N–H and O–H groups in total. The molecule has 0 radical (unpaired) electrons. The number of morpholine rings is 1. The summed E-state index contributed by atoms with van der Waals surface area (Å²) in [5, 5.41) is 4.29. The SMILES string of the molecule is CC(N)c1nc(Br)nn1-c1ccc(N2CCOCC2)cn1. The minimum atomic E-state index is -0.218. The van der Waals surface area contributed by atoms with Crippen LogP contribution in [0.3, 0.4) is 0 Å². The molecule has 2 aromatic heterocycles. The average Bonchev–Trinajstić information content (AvgIpc) is 2.91. The van der Waals surface area contributed by atoms with Crippen LogP contribution in [0, 0.1) is 0 Å². The molecule has 0 bridgehead atoms. The number of rotatable bonds is 3.